The number of alkyl halides is 3. The molecule has 5 heteroatoms. The molecule has 1 aromatic rings. The number of nitrogens with zero attached hydrogens (tertiary/aromatic N) is 1. The lowest BCUT2D eigenvalue weighted by Crippen LogP contribution is -2.13. The second kappa shape index (κ2) is 4.51. The van der Waals surface area contributed by atoms with Crippen molar-refractivity contribution in [1.29, 1.82) is 0 Å². The Hall–Kier alpha value is -1.26. The van der Waals surface area contributed by atoms with Gasteiger partial charge in [-0.1, -0.05) is 13.0 Å². The zero-order valence-corrected chi connectivity index (χ0v) is 8.65. The highest BCUT2D eigenvalue weighted by molar-refractivity contribution is 5.39. The van der Waals surface area contributed by atoms with Crippen molar-refractivity contribution in [3.63, 3.8) is 0 Å². The molecular weight excluding hydrogens is 205 g/mol. The van der Waals surface area contributed by atoms with Gasteiger partial charge in [-0.2, -0.15) is 13.2 Å². The predicted octanol–water partition coefficient (Wildman–Crippen LogP) is 3.09. The normalized spacial score (nSPS) is 11.5. The van der Waals surface area contributed by atoms with E-state index >= 15 is 0 Å². The highest BCUT2D eigenvalue weighted by atomic mass is 19.4. The van der Waals surface area contributed by atoms with Gasteiger partial charge < -0.3 is 5.32 Å². The molecule has 0 aromatic carbocycles. The molecule has 2 nitrogen and oxygen atoms in total. The Bertz CT molecular complexity index is 334. The molecule has 1 rings (SSSR count). The monoisotopic (exact) mass is 218 g/mol. The van der Waals surface area contributed by atoms with Crippen LogP contribution in [-0.4, -0.2) is 11.5 Å². The van der Waals surface area contributed by atoms with Gasteiger partial charge in [-0.25, -0.2) is 4.98 Å². The summed E-state index contributed by atoms with van der Waals surface area (Å²) in [6.45, 7) is 4.04. The third-order valence-electron chi connectivity index (χ3n) is 1.99. The zero-order chi connectivity index (χ0) is 11.5. The molecule has 0 saturated heterocycles. The van der Waals surface area contributed by atoms with Crippen molar-refractivity contribution in [2.75, 3.05) is 11.9 Å². The second-order valence-corrected chi connectivity index (χ2v) is 3.09. The van der Waals surface area contributed by atoms with Gasteiger partial charge in [0.25, 0.3) is 0 Å². The van der Waals surface area contributed by atoms with Gasteiger partial charge in [0.15, 0.2) is 0 Å². The molecule has 0 bridgehead atoms. The van der Waals surface area contributed by atoms with Crippen LogP contribution in [0, 0.1) is 0 Å². The van der Waals surface area contributed by atoms with E-state index in [4.69, 9.17) is 0 Å². The summed E-state index contributed by atoms with van der Waals surface area (Å²) in [7, 11) is 0. The number of hydrogen-bond acceptors (Lipinski definition) is 2. The van der Waals surface area contributed by atoms with Crippen molar-refractivity contribution < 1.29 is 13.2 Å². The van der Waals surface area contributed by atoms with Crippen LogP contribution in [0.25, 0.3) is 0 Å². The van der Waals surface area contributed by atoms with Crippen LogP contribution in [0.1, 0.15) is 25.1 Å². The first kappa shape index (κ1) is 11.8. The molecule has 1 heterocycles. The Morgan fingerprint density at radius 1 is 1.27 bits per heavy atom. The molecule has 0 unspecified atom stereocenters. The first-order valence-electron chi connectivity index (χ1n) is 4.80. The first-order chi connectivity index (χ1) is 6.99. The van der Waals surface area contributed by atoms with E-state index < -0.39 is 11.9 Å². The summed E-state index contributed by atoms with van der Waals surface area (Å²) in [5, 5.41) is 2.76. The van der Waals surface area contributed by atoms with Crippen LogP contribution in [0.4, 0.5) is 19.0 Å². The number of hydrogen-bond donors (Lipinski definition) is 1. The standard InChI is InChI=1S/C10H13F3N2/c1-3-7-5-6-8(14-4-2)15-9(7)10(11,12)13/h5-6H,3-4H2,1-2H3,(H,14,15). The van der Waals surface area contributed by atoms with E-state index in [1.165, 1.54) is 6.07 Å². The molecule has 0 aliphatic carbocycles. The number of nitrogens with one attached hydrogen (secondary N) is 1. The molecule has 0 aliphatic rings. The summed E-state index contributed by atoms with van der Waals surface area (Å²) in [5.41, 5.74) is -0.562. The van der Waals surface area contributed by atoms with Gasteiger partial charge >= 0.3 is 6.18 Å². The molecule has 15 heavy (non-hydrogen) atoms. The number of aromatic nitrogens is 1. The Morgan fingerprint density at radius 2 is 1.93 bits per heavy atom. The molecule has 0 saturated carbocycles. The summed E-state index contributed by atoms with van der Waals surface area (Å²) in [6, 6.07) is 3.03. The molecule has 0 spiro atoms. The Labute approximate surface area is 86.5 Å². The molecule has 0 atom stereocenters. The summed E-state index contributed by atoms with van der Waals surface area (Å²) >= 11 is 0. The lowest BCUT2D eigenvalue weighted by Gasteiger charge is -2.12. The van der Waals surface area contributed by atoms with Crippen molar-refractivity contribution >= 4 is 5.82 Å². The summed E-state index contributed by atoms with van der Waals surface area (Å²) in [5.74, 6) is 0.266. The Morgan fingerprint density at radius 3 is 2.40 bits per heavy atom. The Kier molecular flexibility index (Phi) is 3.55. The number of pyridine rings is 1. The SMILES string of the molecule is CCNc1ccc(CC)c(C(F)(F)F)n1. The fourth-order valence-corrected chi connectivity index (χ4v) is 1.30. The van der Waals surface area contributed by atoms with E-state index in [1.807, 2.05) is 6.92 Å². The minimum absolute atomic E-state index is 0.226. The maximum atomic E-state index is 12.6. The number of halogens is 3. The van der Waals surface area contributed by atoms with Gasteiger partial charge in [-0.3, -0.25) is 0 Å². The summed E-state index contributed by atoms with van der Waals surface area (Å²) in [6.07, 6.45) is -4.05. The van der Waals surface area contributed by atoms with Crippen LogP contribution in [-0.2, 0) is 12.6 Å². The van der Waals surface area contributed by atoms with Gasteiger partial charge in [-0.05, 0) is 25.0 Å². The van der Waals surface area contributed by atoms with Gasteiger partial charge in [0, 0.05) is 6.54 Å². The Balaban J connectivity index is 3.13. The molecule has 0 fully saturated rings. The molecule has 1 aromatic heterocycles. The van der Waals surface area contributed by atoms with Crippen molar-refractivity contribution in [2.45, 2.75) is 26.4 Å². The largest absolute Gasteiger partial charge is 0.433 e. The third-order valence-corrected chi connectivity index (χ3v) is 1.99. The third kappa shape index (κ3) is 2.84. The molecule has 84 valence electrons. The number of rotatable bonds is 3. The number of anilines is 1. The summed E-state index contributed by atoms with van der Waals surface area (Å²) < 4.78 is 37.7. The molecule has 0 radical (unpaired) electrons. The lowest BCUT2D eigenvalue weighted by atomic mass is 10.1. The van der Waals surface area contributed by atoms with Crippen LogP contribution >= 0.6 is 0 Å². The van der Waals surface area contributed by atoms with E-state index in [2.05, 4.69) is 10.3 Å². The molecule has 0 amide bonds. The van der Waals surface area contributed by atoms with Gasteiger partial charge in [-0.15, -0.1) is 0 Å². The van der Waals surface area contributed by atoms with Gasteiger partial charge in [0.2, 0.25) is 0 Å². The van der Waals surface area contributed by atoms with Crippen LogP contribution in [0.5, 0.6) is 0 Å². The van der Waals surface area contributed by atoms with Crippen molar-refractivity contribution in [3.8, 4) is 0 Å². The van der Waals surface area contributed by atoms with Crippen LogP contribution < -0.4 is 5.32 Å². The highest BCUT2D eigenvalue weighted by Crippen LogP contribution is 2.31. The fraction of sp³-hybridized carbons (Fsp3) is 0.500. The van der Waals surface area contributed by atoms with Crippen LogP contribution in [0.2, 0.25) is 0 Å². The quantitative estimate of drug-likeness (QED) is 0.843. The van der Waals surface area contributed by atoms with Crippen LogP contribution in [0.3, 0.4) is 0 Å². The maximum absolute atomic E-state index is 12.6. The minimum atomic E-state index is -4.38. The molecule has 1 N–H and O–H groups in total. The average Bonchev–Trinajstić information content (AvgIpc) is 2.17. The average molecular weight is 218 g/mol. The number of aryl methyl sites for hydroxylation is 1. The summed E-state index contributed by atoms with van der Waals surface area (Å²) in [4.78, 5) is 3.57. The maximum Gasteiger partial charge on any atom is 0.433 e. The topological polar surface area (TPSA) is 24.9 Å². The van der Waals surface area contributed by atoms with E-state index in [9.17, 15) is 13.2 Å². The minimum Gasteiger partial charge on any atom is -0.370 e. The van der Waals surface area contributed by atoms with Gasteiger partial charge in [0.05, 0.1) is 0 Å². The smallest absolute Gasteiger partial charge is 0.370 e. The van der Waals surface area contributed by atoms with E-state index in [0.717, 1.165) is 0 Å². The molecular formula is C10H13F3N2. The predicted molar refractivity (Wildman–Crippen MR) is 52.8 cm³/mol. The fourth-order valence-electron chi connectivity index (χ4n) is 1.30. The van der Waals surface area contributed by atoms with E-state index in [-0.39, 0.29) is 11.4 Å². The van der Waals surface area contributed by atoms with Crippen LogP contribution in [0.15, 0.2) is 12.1 Å². The van der Waals surface area contributed by atoms with E-state index in [0.29, 0.717) is 13.0 Å². The second-order valence-electron chi connectivity index (χ2n) is 3.09. The van der Waals surface area contributed by atoms with Crippen molar-refractivity contribution in [3.05, 3.63) is 23.4 Å². The van der Waals surface area contributed by atoms with Gasteiger partial charge in [0.1, 0.15) is 11.5 Å². The van der Waals surface area contributed by atoms with Crippen molar-refractivity contribution in [2.24, 2.45) is 0 Å². The first-order valence-corrected chi connectivity index (χ1v) is 4.80. The van der Waals surface area contributed by atoms with Crippen molar-refractivity contribution in [1.82, 2.24) is 4.98 Å². The lowest BCUT2D eigenvalue weighted by molar-refractivity contribution is -0.141. The molecule has 0 aliphatic heterocycles. The highest BCUT2D eigenvalue weighted by Gasteiger charge is 2.35. The zero-order valence-electron chi connectivity index (χ0n) is 8.65. The van der Waals surface area contributed by atoms with E-state index in [1.54, 1.807) is 13.0 Å².